The van der Waals surface area contributed by atoms with E-state index in [1.54, 1.807) is 43.3 Å². The lowest BCUT2D eigenvalue weighted by atomic mass is 10.1. The highest BCUT2D eigenvalue weighted by Gasteiger charge is 2.13. The Labute approximate surface area is 132 Å². The number of benzene rings is 2. The normalized spacial score (nSPS) is 9.74. The van der Waals surface area contributed by atoms with Crippen molar-refractivity contribution in [2.45, 2.75) is 6.92 Å². The SMILES string of the molecule is Cc1c(NCC(=O)Nc2ccc(C#N)cc2)cccc1[N+](=O)[O-]. The van der Waals surface area contributed by atoms with Gasteiger partial charge in [0.2, 0.25) is 5.91 Å². The van der Waals surface area contributed by atoms with E-state index >= 15 is 0 Å². The molecular formula is C16H14N4O3. The number of nitrogens with one attached hydrogen (secondary N) is 2. The Morgan fingerprint density at radius 2 is 1.96 bits per heavy atom. The van der Waals surface area contributed by atoms with Gasteiger partial charge in [-0.25, -0.2) is 0 Å². The van der Waals surface area contributed by atoms with Crippen molar-refractivity contribution in [1.29, 1.82) is 5.26 Å². The van der Waals surface area contributed by atoms with Crippen molar-refractivity contribution in [3.8, 4) is 6.07 Å². The maximum absolute atomic E-state index is 11.9. The summed E-state index contributed by atoms with van der Waals surface area (Å²) in [6.45, 7) is 1.60. The molecule has 2 aromatic carbocycles. The molecule has 0 radical (unpaired) electrons. The molecule has 0 heterocycles. The van der Waals surface area contributed by atoms with E-state index in [0.29, 0.717) is 22.5 Å². The Balaban J connectivity index is 1.98. The van der Waals surface area contributed by atoms with Crippen LogP contribution < -0.4 is 10.6 Å². The molecule has 7 nitrogen and oxygen atoms in total. The number of carbonyl (C=O) groups is 1. The third kappa shape index (κ3) is 4.04. The van der Waals surface area contributed by atoms with E-state index in [1.165, 1.54) is 6.07 Å². The average Bonchev–Trinajstić information content (AvgIpc) is 2.54. The molecule has 0 aliphatic carbocycles. The molecule has 116 valence electrons. The molecule has 2 aromatic rings. The molecule has 2 N–H and O–H groups in total. The van der Waals surface area contributed by atoms with Crippen LogP contribution in [0, 0.1) is 28.4 Å². The number of hydrogen-bond acceptors (Lipinski definition) is 5. The van der Waals surface area contributed by atoms with Gasteiger partial charge in [-0.3, -0.25) is 14.9 Å². The fourth-order valence-electron chi connectivity index (χ4n) is 2.02. The molecule has 0 saturated heterocycles. The van der Waals surface area contributed by atoms with Gasteiger partial charge in [0, 0.05) is 23.0 Å². The zero-order valence-electron chi connectivity index (χ0n) is 12.4. The smallest absolute Gasteiger partial charge is 0.274 e. The van der Waals surface area contributed by atoms with Crippen molar-refractivity contribution >= 4 is 23.0 Å². The van der Waals surface area contributed by atoms with E-state index in [-0.39, 0.29) is 18.1 Å². The number of hydrogen-bond donors (Lipinski definition) is 2. The highest BCUT2D eigenvalue weighted by molar-refractivity contribution is 5.93. The van der Waals surface area contributed by atoms with Crippen LogP contribution in [0.15, 0.2) is 42.5 Å². The molecule has 0 unspecified atom stereocenters. The third-order valence-electron chi connectivity index (χ3n) is 3.24. The quantitative estimate of drug-likeness (QED) is 0.652. The Bertz CT molecular complexity index is 779. The Hall–Kier alpha value is -3.40. The minimum Gasteiger partial charge on any atom is -0.376 e. The number of nitro benzene ring substituents is 1. The minimum absolute atomic E-state index is 0.00232. The maximum atomic E-state index is 11.9. The van der Waals surface area contributed by atoms with Crippen LogP contribution in [-0.2, 0) is 4.79 Å². The fourth-order valence-corrected chi connectivity index (χ4v) is 2.02. The molecule has 0 fully saturated rings. The summed E-state index contributed by atoms with van der Waals surface area (Å²) < 4.78 is 0. The highest BCUT2D eigenvalue weighted by Crippen LogP contribution is 2.24. The summed E-state index contributed by atoms with van der Waals surface area (Å²) in [4.78, 5) is 22.3. The van der Waals surface area contributed by atoms with E-state index in [4.69, 9.17) is 5.26 Å². The second-order valence-electron chi connectivity index (χ2n) is 4.80. The molecule has 2 rings (SSSR count). The summed E-state index contributed by atoms with van der Waals surface area (Å²) in [5.74, 6) is -0.291. The van der Waals surface area contributed by atoms with E-state index < -0.39 is 4.92 Å². The molecule has 7 heteroatoms. The van der Waals surface area contributed by atoms with E-state index in [2.05, 4.69) is 10.6 Å². The van der Waals surface area contributed by atoms with Crippen LogP contribution >= 0.6 is 0 Å². The Kier molecular flexibility index (Phi) is 4.89. The molecule has 0 saturated carbocycles. The predicted molar refractivity (Wildman–Crippen MR) is 86.1 cm³/mol. The van der Waals surface area contributed by atoms with E-state index in [1.807, 2.05) is 6.07 Å². The van der Waals surface area contributed by atoms with Crippen molar-refractivity contribution in [3.05, 3.63) is 63.7 Å². The van der Waals surface area contributed by atoms with Gasteiger partial charge in [-0.2, -0.15) is 5.26 Å². The highest BCUT2D eigenvalue weighted by atomic mass is 16.6. The maximum Gasteiger partial charge on any atom is 0.274 e. The predicted octanol–water partition coefficient (Wildman–Crippen LogP) is 2.83. The first-order chi connectivity index (χ1) is 11.0. The van der Waals surface area contributed by atoms with Crippen LogP contribution in [0.5, 0.6) is 0 Å². The minimum atomic E-state index is -0.461. The van der Waals surface area contributed by atoms with E-state index in [0.717, 1.165) is 0 Å². The number of carbonyl (C=O) groups excluding carboxylic acids is 1. The lowest BCUT2D eigenvalue weighted by Gasteiger charge is -2.10. The molecular weight excluding hydrogens is 296 g/mol. The van der Waals surface area contributed by atoms with Gasteiger partial charge in [-0.15, -0.1) is 0 Å². The van der Waals surface area contributed by atoms with Crippen molar-refractivity contribution in [2.24, 2.45) is 0 Å². The molecule has 0 atom stereocenters. The number of nitriles is 1. The molecule has 0 aliphatic rings. The largest absolute Gasteiger partial charge is 0.376 e. The molecule has 1 amide bonds. The second-order valence-corrected chi connectivity index (χ2v) is 4.80. The standard InChI is InChI=1S/C16H14N4O3/c1-11-14(3-2-4-15(11)20(22)23)18-10-16(21)19-13-7-5-12(9-17)6-8-13/h2-8,18H,10H2,1H3,(H,19,21). The summed E-state index contributed by atoms with van der Waals surface area (Å²) >= 11 is 0. The first kappa shape index (κ1) is 16.0. The van der Waals surface area contributed by atoms with Crippen LogP contribution in [0.4, 0.5) is 17.1 Å². The van der Waals surface area contributed by atoms with Crippen LogP contribution in [0.1, 0.15) is 11.1 Å². The summed E-state index contributed by atoms with van der Waals surface area (Å²) in [6, 6.07) is 13.1. The van der Waals surface area contributed by atoms with Gasteiger partial charge in [0.25, 0.3) is 5.69 Å². The van der Waals surface area contributed by atoms with Crippen LogP contribution in [0.25, 0.3) is 0 Å². The molecule has 0 bridgehead atoms. The van der Waals surface area contributed by atoms with Gasteiger partial charge in [-0.1, -0.05) is 6.07 Å². The van der Waals surface area contributed by atoms with Crippen molar-refractivity contribution < 1.29 is 9.72 Å². The number of nitro groups is 1. The number of nitrogens with zero attached hydrogens (tertiary/aromatic N) is 2. The fraction of sp³-hybridized carbons (Fsp3) is 0.125. The van der Waals surface area contributed by atoms with Crippen molar-refractivity contribution in [2.75, 3.05) is 17.2 Å². The summed E-state index contributed by atoms with van der Waals surface area (Å²) in [5.41, 5.74) is 2.10. The van der Waals surface area contributed by atoms with Gasteiger partial charge < -0.3 is 10.6 Å². The van der Waals surface area contributed by atoms with Crippen molar-refractivity contribution in [3.63, 3.8) is 0 Å². The zero-order valence-corrected chi connectivity index (χ0v) is 12.4. The van der Waals surface area contributed by atoms with Crippen LogP contribution in [-0.4, -0.2) is 17.4 Å². The monoisotopic (exact) mass is 310 g/mol. The Morgan fingerprint density at radius 3 is 2.57 bits per heavy atom. The summed E-state index contributed by atoms with van der Waals surface area (Å²) in [5, 5.41) is 25.2. The lowest BCUT2D eigenvalue weighted by molar-refractivity contribution is -0.385. The van der Waals surface area contributed by atoms with Gasteiger partial charge in [0.05, 0.1) is 23.1 Å². The Morgan fingerprint density at radius 1 is 1.26 bits per heavy atom. The summed E-state index contributed by atoms with van der Waals surface area (Å²) in [7, 11) is 0. The molecule has 23 heavy (non-hydrogen) atoms. The van der Waals surface area contributed by atoms with E-state index in [9.17, 15) is 14.9 Å². The molecule has 0 aliphatic heterocycles. The summed E-state index contributed by atoms with van der Waals surface area (Å²) in [6.07, 6.45) is 0. The number of anilines is 2. The molecule has 0 spiro atoms. The first-order valence-corrected chi connectivity index (χ1v) is 6.79. The zero-order chi connectivity index (χ0) is 16.8. The number of rotatable bonds is 5. The number of amides is 1. The molecule has 0 aromatic heterocycles. The van der Waals surface area contributed by atoms with Crippen LogP contribution in [0.3, 0.4) is 0 Å². The topological polar surface area (TPSA) is 108 Å². The van der Waals surface area contributed by atoms with Crippen LogP contribution in [0.2, 0.25) is 0 Å². The van der Waals surface area contributed by atoms with Gasteiger partial charge in [0.15, 0.2) is 0 Å². The van der Waals surface area contributed by atoms with Gasteiger partial charge in [-0.05, 0) is 37.3 Å². The van der Waals surface area contributed by atoms with Crippen molar-refractivity contribution in [1.82, 2.24) is 0 Å². The lowest BCUT2D eigenvalue weighted by Crippen LogP contribution is -2.22. The van der Waals surface area contributed by atoms with Gasteiger partial charge >= 0.3 is 0 Å². The first-order valence-electron chi connectivity index (χ1n) is 6.79. The second kappa shape index (κ2) is 7.04. The van der Waals surface area contributed by atoms with Gasteiger partial charge in [0.1, 0.15) is 0 Å². The third-order valence-corrected chi connectivity index (χ3v) is 3.24. The average molecular weight is 310 g/mol.